The van der Waals surface area contributed by atoms with Crippen molar-refractivity contribution in [2.45, 2.75) is 32.4 Å². The minimum absolute atomic E-state index is 0.130. The van der Waals surface area contributed by atoms with Gasteiger partial charge in [-0.2, -0.15) is 0 Å². The predicted octanol–water partition coefficient (Wildman–Crippen LogP) is 2.29. The van der Waals surface area contributed by atoms with Gasteiger partial charge in [-0.3, -0.25) is 0 Å². The van der Waals surface area contributed by atoms with Gasteiger partial charge in [-0.15, -0.1) is 0 Å². The maximum absolute atomic E-state index is 9.17. The van der Waals surface area contributed by atoms with E-state index in [-0.39, 0.29) is 12.1 Å². The lowest BCUT2D eigenvalue weighted by Crippen LogP contribution is -2.44. The molecule has 0 aliphatic carbocycles. The highest BCUT2D eigenvalue weighted by molar-refractivity contribution is 9.10. The van der Waals surface area contributed by atoms with E-state index in [1.807, 2.05) is 26.0 Å². The average Bonchev–Trinajstić information content (AvgIpc) is 2.61. The Morgan fingerprint density at radius 3 is 2.71 bits per heavy atom. The molecule has 0 saturated carbocycles. The number of hydrogen-bond donors (Lipinski definition) is 2. The summed E-state index contributed by atoms with van der Waals surface area (Å²) >= 11 is 3.24. The molecule has 0 aliphatic heterocycles. The van der Waals surface area contributed by atoms with Crippen molar-refractivity contribution in [3.8, 4) is 0 Å². The van der Waals surface area contributed by atoms with Crippen molar-refractivity contribution >= 4 is 15.9 Å². The summed E-state index contributed by atoms with van der Waals surface area (Å²) in [6.07, 6.45) is 0.880. The predicted molar refractivity (Wildman–Crippen MR) is 59.0 cm³/mol. The molecule has 80 valence electrons. The molecule has 1 heterocycles. The third-order valence-electron chi connectivity index (χ3n) is 2.45. The van der Waals surface area contributed by atoms with E-state index in [1.165, 1.54) is 0 Å². The monoisotopic (exact) mass is 261 g/mol. The number of aliphatic hydroxyl groups is 1. The zero-order valence-electron chi connectivity index (χ0n) is 8.51. The molecule has 0 radical (unpaired) electrons. The van der Waals surface area contributed by atoms with Crippen LogP contribution in [0.4, 0.5) is 0 Å². The molecule has 0 aromatic carbocycles. The van der Waals surface area contributed by atoms with Crippen LogP contribution in [0.1, 0.15) is 26.0 Å². The normalized spacial score (nSPS) is 15.4. The maximum atomic E-state index is 9.17. The van der Waals surface area contributed by atoms with Crippen LogP contribution in [-0.2, 0) is 6.54 Å². The van der Waals surface area contributed by atoms with E-state index in [0.29, 0.717) is 6.54 Å². The summed E-state index contributed by atoms with van der Waals surface area (Å²) < 4.78 is 6.07. The molecule has 1 aromatic rings. The molecule has 1 unspecified atom stereocenters. The number of nitrogens with one attached hydrogen (secondary N) is 1. The Balaban J connectivity index is 2.47. The Morgan fingerprint density at radius 2 is 2.29 bits per heavy atom. The topological polar surface area (TPSA) is 45.4 Å². The lowest BCUT2D eigenvalue weighted by Gasteiger charge is -2.26. The summed E-state index contributed by atoms with van der Waals surface area (Å²) in [5, 5.41) is 12.4. The van der Waals surface area contributed by atoms with Crippen LogP contribution in [0, 0.1) is 0 Å². The molecule has 1 aromatic heterocycles. The van der Waals surface area contributed by atoms with Gasteiger partial charge in [0.15, 0.2) is 4.67 Å². The zero-order chi connectivity index (χ0) is 10.6. The summed E-state index contributed by atoms with van der Waals surface area (Å²) in [4.78, 5) is 0. The maximum Gasteiger partial charge on any atom is 0.169 e. The molecule has 0 saturated heterocycles. The van der Waals surface area contributed by atoms with Crippen LogP contribution in [-0.4, -0.2) is 17.3 Å². The van der Waals surface area contributed by atoms with Gasteiger partial charge in [0.1, 0.15) is 5.76 Å². The first-order valence-corrected chi connectivity index (χ1v) is 5.49. The molecule has 0 fully saturated rings. The molecule has 1 rings (SSSR count). The number of rotatable bonds is 5. The second-order valence-electron chi connectivity index (χ2n) is 3.63. The van der Waals surface area contributed by atoms with Gasteiger partial charge in [0.05, 0.1) is 13.2 Å². The molecule has 4 heteroatoms. The van der Waals surface area contributed by atoms with Crippen molar-refractivity contribution in [2.75, 3.05) is 6.61 Å². The smallest absolute Gasteiger partial charge is 0.169 e. The van der Waals surface area contributed by atoms with Gasteiger partial charge in [0, 0.05) is 5.54 Å². The van der Waals surface area contributed by atoms with Crippen LogP contribution in [0.25, 0.3) is 0 Å². The molecule has 1 atom stereocenters. The largest absolute Gasteiger partial charge is 0.453 e. The minimum atomic E-state index is -0.223. The van der Waals surface area contributed by atoms with E-state index < -0.39 is 0 Å². The van der Waals surface area contributed by atoms with Crippen molar-refractivity contribution in [3.05, 3.63) is 22.6 Å². The van der Waals surface area contributed by atoms with E-state index in [0.717, 1.165) is 16.9 Å². The second-order valence-corrected chi connectivity index (χ2v) is 4.41. The quantitative estimate of drug-likeness (QED) is 0.855. The summed E-state index contributed by atoms with van der Waals surface area (Å²) in [5.74, 6) is 0.866. The number of hydrogen-bond acceptors (Lipinski definition) is 3. The molecular formula is C10H16BrNO2. The molecule has 2 N–H and O–H groups in total. The van der Waals surface area contributed by atoms with Crippen LogP contribution >= 0.6 is 15.9 Å². The second kappa shape index (κ2) is 4.96. The number of halogens is 1. The van der Waals surface area contributed by atoms with Gasteiger partial charge in [-0.1, -0.05) is 6.92 Å². The van der Waals surface area contributed by atoms with E-state index in [4.69, 9.17) is 9.52 Å². The SMILES string of the molecule is CCC(C)(CO)NCc1ccc(Br)o1. The highest BCUT2D eigenvalue weighted by atomic mass is 79.9. The van der Waals surface area contributed by atoms with E-state index >= 15 is 0 Å². The van der Waals surface area contributed by atoms with E-state index in [1.54, 1.807) is 0 Å². The van der Waals surface area contributed by atoms with Gasteiger partial charge in [-0.05, 0) is 41.4 Å². The molecule has 0 spiro atoms. The third-order valence-corrected chi connectivity index (χ3v) is 2.87. The van der Waals surface area contributed by atoms with Crippen molar-refractivity contribution < 1.29 is 9.52 Å². The van der Waals surface area contributed by atoms with Crippen LogP contribution in [0.15, 0.2) is 21.2 Å². The van der Waals surface area contributed by atoms with Crippen molar-refractivity contribution in [2.24, 2.45) is 0 Å². The highest BCUT2D eigenvalue weighted by Gasteiger charge is 2.20. The lowest BCUT2D eigenvalue weighted by atomic mass is 10.0. The van der Waals surface area contributed by atoms with Gasteiger partial charge in [0.2, 0.25) is 0 Å². The zero-order valence-corrected chi connectivity index (χ0v) is 10.1. The third kappa shape index (κ3) is 3.12. The van der Waals surface area contributed by atoms with Crippen molar-refractivity contribution in [3.63, 3.8) is 0 Å². The average molecular weight is 262 g/mol. The van der Waals surface area contributed by atoms with Crippen molar-refractivity contribution in [1.82, 2.24) is 5.32 Å². The number of aliphatic hydroxyl groups excluding tert-OH is 1. The first-order valence-electron chi connectivity index (χ1n) is 4.70. The molecule has 0 amide bonds. The van der Waals surface area contributed by atoms with Gasteiger partial charge in [0.25, 0.3) is 0 Å². The van der Waals surface area contributed by atoms with Gasteiger partial charge in [-0.25, -0.2) is 0 Å². The molecular weight excluding hydrogens is 246 g/mol. The number of furan rings is 1. The summed E-state index contributed by atoms with van der Waals surface area (Å²) in [7, 11) is 0. The Hall–Kier alpha value is -0.320. The first-order chi connectivity index (χ1) is 6.59. The van der Waals surface area contributed by atoms with E-state index in [9.17, 15) is 0 Å². The van der Waals surface area contributed by atoms with Crippen LogP contribution in [0.3, 0.4) is 0 Å². The fourth-order valence-corrected chi connectivity index (χ4v) is 1.38. The van der Waals surface area contributed by atoms with E-state index in [2.05, 4.69) is 21.2 Å². The van der Waals surface area contributed by atoms with Gasteiger partial charge >= 0.3 is 0 Å². The minimum Gasteiger partial charge on any atom is -0.453 e. The lowest BCUT2D eigenvalue weighted by molar-refractivity contribution is 0.166. The van der Waals surface area contributed by atoms with Crippen LogP contribution < -0.4 is 5.32 Å². The summed E-state index contributed by atoms with van der Waals surface area (Å²) in [5.41, 5.74) is -0.223. The fraction of sp³-hybridized carbons (Fsp3) is 0.600. The summed E-state index contributed by atoms with van der Waals surface area (Å²) in [6.45, 7) is 4.80. The Morgan fingerprint density at radius 1 is 1.57 bits per heavy atom. The Bertz CT molecular complexity index is 281. The summed E-state index contributed by atoms with van der Waals surface area (Å²) in [6, 6.07) is 3.77. The molecule has 3 nitrogen and oxygen atoms in total. The van der Waals surface area contributed by atoms with Crippen LogP contribution in [0.2, 0.25) is 0 Å². The van der Waals surface area contributed by atoms with Crippen LogP contribution in [0.5, 0.6) is 0 Å². The highest BCUT2D eigenvalue weighted by Crippen LogP contribution is 2.15. The fourth-order valence-electron chi connectivity index (χ4n) is 1.04. The Labute approximate surface area is 92.6 Å². The van der Waals surface area contributed by atoms with Gasteiger partial charge < -0.3 is 14.8 Å². The molecule has 0 bridgehead atoms. The Kier molecular flexibility index (Phi) is 4.16. The first kappa shape index (κ1) is 11.8. The molecule has 0 aliphatic rings. The standard InChI is InChI=1S/C10H16BrNO2/c1-3-10(2,7-13)12-6-8-4-5-9(11)14-8/h4-5,12-13H,3,6-7H2,1-2H3. The van der Waals surface area contributed by atoms with Crippen molar-refractivity contribution in [1.29, 1.82) is 0 Å². The molecule has 14 heavy (non-hydrogen) atoms.